The van der Waals surface area contributed by atoms with Gasteiger partial charge in [-0.3, -0.25) is 4.79 Å². The van der Waals surface area contributed by atoms with Crippen LogP contribution in [0.25, 0.3) is 6.08 Å². The molecule has 0 aliphatic carbocycles. The zero-order valence-corrected chi connectivity index (χ0v) is 12.4. The molecular formula is C15H18N2O2S. The summed E-state index contributed by atoms with van der Waals surface area (Å²) >= 11 is 1.70. The first kappa shape index (κ1) is 14.6. The van der Waals surface area contributed by atoms with E-state index >= 15 is 0 Å². The van der Waals surface area contributed by atoms with Gasteiger partial charge >= 0.3 is 0 Å². The van der Waals surface area contributed by atoms with Crippen LogP contribution in [0.15, 0.2) is 46.4 Å². The monoisotopic (exact) mass is 290 g/mol. The lowest BCUT2D eigenvalue weighted by atomic mass is 10.2. The van der Waals surface area contributed by atoms with Crippen molar-refractivity contribution in [2.75, 3.05) is 20.6 Å². The first-order valence-corrected chi connectivity index (χ1v) is 7.24. The third kappa shape index (κ3) is 4.08. The Hall–Kier alpha value is -1.85. The molecule has 5 heteroatoms. The predicted octanol–water partition coefficient (Wildman–Crippen LogP) is 2.77. The van der Waals surface area contributed by atoms with Gasteiger partial charge in [-0.2, -0.15) is 0 Å². The number of likely N-dealkylation sites (N-methyl/N-ethyl adjacent to an activating group) is 1. The lowest BCUT2D eigenvalue weighted by molar-refractivity contribution is -0.116. The molecule has 106 valence electrons. The summed E-state index contributed by atoms with van der Waals surface area (Å²) in [7, 11) is 4.02. The van der Waals surface area contributed by atoms with E-state index in [1.807, 2.05) is 25.5 Å². The van der Waals surface area contributed by atoms with E-state index < -0.39 is 0 Å². The smallest absolute Gasteiger partial charge is 0.244 e. The van der Waals surface area contributed by atoms with Crippen LogP contribution >= 0.6 is 11.3 Å². The van der Waals surface area contributed by atoms with Crippen LogP contribution in [0.4, 0.5) is 0 Å². The first-order chi connectivity index (χ1) is 9.66. The Labute approximate surface area is 122 Å². The van der Waals surface area contributed by atoms with E-state index in [0.29, 0.717) is 12.3 Å². The Morgan fingerprint density at radius 3 is 2.90 bits per heavy atom. The van der Waals surface area contributed by atoms with Crippen LogP contribution in [-0.2, 0) is 4.79 Å². The maximum absolute atomic E-state index is 11.8. The highest BCUT2D eigenvalue weighted by Gasteiger charge is 2.15. The number of thiophene rings is 1. The molecule has 0 saturated heterocycles. The molecular weight excluding hydrogens is 272 g/mol. The second-order valence-corrected chi connectivity index (χ2v) is 5.57. The summed E-state index contributed by atoms with van der Waals surface area (Å²) in [6.07, 6.45) is 4.72. The highest BCUT2D eigenvalue weighted by molar-refractivity contribution is 7.10. The molecule has 2 rings (SSSR count). The van der Waals surface area contributed by atoms with Crippen LogP contribution in [0.2, 0.25) is 0 Å². The fourth-order valence-electron chi connectivity index (χ4n) is 1.82. The van der Waals surface area contributed by atoms with E-state index in [9.17, 15) is 4.79 Å². The average molecular weight is 290 g/mol. The second kappa shape index (κ2) is 7.07. The summed E-state index contributed by atoms with van der Waals surface area (Å²) in [5.41, 5.74) is 0. The quantitative estimate of drug-likeness (QED) is 0.832. The van der Waals surface area contributed by atoms with Gasteiger partial charge in [0.1, 0.15) is 5.76 Å². The summed E-state index contributed by atoms with van der Waals surface area (Å²) in [6.45, 7) is 0.578. The number of carbonyl (C=O) groups is 1. The number of hydrogen-bond donors (Lipinski definition) is 1. The summed E-state index contributed by atoms with van der Waals surface area (Å²) in [5.74, 6) is 0.548. The van der Waals surface area contributed by atoms with Gasteiger partial charge in [-0.25, -0.2) is 0 Å². The van der Waals surface area contributed by atoms with Gasteiger partial charge in [0.05, 0.1) is 12.3 Å². The molecule has 20 heavy (non-hydrogen) atoms. The fourth-order valence-corrected chi connectivity index (χ4v) is 2.74. The lowest BCUT2D eigenvalue weighted by Gasteiger charge is -2.23. The third-order valence-electron chi connectivity index (χ3n) is 2.91. The first-order valence-electron chi connectivity index (χ1n) is 6.36. The summed E-state index contributed by atoms with van der Waals surface area (Å²) in [6, 6.07) is 7.89. The molecule has 2 heterocycles. The predicted molar refractivity (Wildman–Crippen MR) is 81.5 cm³/mol. The van der Waals surface area contributed by atoms with Gasteiger partial charge in [0.2, 0.25) is 5.91 Å². The Bertz CT molecular complexity index is 544. The van der Waals surface area contributed by atoms with Gasteiger partial charge in [-0.05, 0) is 43.8 Å². The topological polar surface area (TPSA) is 45.5 Å². The van der Waals surface area contributed by atoms with Crippen LogP contribution in [0, 0.1) is 0 Å². The summed E-state index contributed by atoms with van der Waals surface area (Å²) in [5, 5.41) is 4.96. The molecule has 0 spiro atoms. The fraction of sp³-hybridized carbons (Fsp3) is 0.267. The normalized spacial score (nSPS) is 12.9. The lowest BCUT2D eigenvalue weighted by Crippen LogP contribution is -2.33. The van der Waals surface area contributed by atoms with Crippen LogP contribution in [0.1, 0.15) is 16.7 Å². The Morgan fingerprint density at radius 1 is 1.45 bits per heavy atom. The molecule has 1 amide bonds. The van der Waals surface area contributed by atoms with E-state index in [1.165, 1.54) is 11.0 Å². The SMILES string of the molecule is CN(C)C(CNC(=O)/C=C/c1ccco1)c1cccs1. The molecule has 0 fully saturated rings. The third-order valence-corrected chi connectivity index (χ3v) is 3.88. The minimum absolute atomic E-state index is 0.121. The molecule has 0 bridgehead atoms. The summed E-state index contributed by atoms with van der Waals surface area (Å²) < 4.78 is 5.13. The van der Waals surface area contributed by atoms with Crippen LogP contribution in [-0.4, -0.2) is 31.4 Å². The maximum atomic E-state index is 11.8. The van der Waals surface area contributed by atoms with Crippen molar-refractivity contribution < 1.29 is 9.21 Å². The van der Waals surface area contributed by atoms with E-state index in [-0.39, 0.29) is 11.9 Å². The number of amides is 1. The summed E-state index contributed by atoms with van der Waals surface area (Å²) in [4.78, 5) is 15.1. The van der Waals surface area contributed by atoms with Gasteiger partial charge in [0, 0.05) is 17.5 Å². The molecule has 0 aliphatic rings. The number of carbonyl (C=O) groups excluding carboxylic acids is 1. The van der Waals surface area contributed by atoms with E-state index in [0.717, 1.165) is 0 Å². The molecule has 4 nitrogen and oxygen atoms in total. The standard InChI is InChI=1S/C15H18N2O2S/c1-17(2)13(14-6-4-10-20-14)11-16-15(18)8-7-12-5-3-9-19-12/h3-10,13H,11H2,1-2H3,(H,16,18)/b8-7+. The number of nitrogens with one attached hydrogen (secondary N) is 1. The van der Waals surface area contributed by atoms with Crippen molar-refractivity contribution in [3.05, 3.63) is 52.6 Å². The van der Waals surface area contributed by atoms with E-state index in [2.05, 4.69) is 16.3 Å². The molecule has 1 unspecified atom stereocenters. The number of furan rings is 1. The van der Waals surface area contributed by atoms with Gasteiger partial charge in [0.25, 0.3) is 0 Å². The maximum Gasteiger partial charge on any atom is 0.244 e. The Morgan fingerprint density at radius 2 is 2.30 bits per heavy atom. The minimum atomic E-state index is -0.121. The van der Waals surface area contributed by atoms with Crippen molar-refractivity contribution in [2.45, 2.75) is 6.04 Å². The zero-order chi connectivity index (χ0) is 14.4. The minimum Gasteiger partial charge on any atom is -0.465 e. The number of rotatable bonds is 6. The van der Waals surface area contributed by atoms with Crippen molar-refractivity contribution >= 4 is 23.3 Å². The Balaban J connectivity index is 1.88. The highest BCUT2D eigenvalue weighted by Crippen LogP contribution is 2.22. The molecule has 1 N–H and O–H groups in total. The molecule has 0 saturated carbocycles. The average Bonchev–Trinajstić information content (AvgIpc) is 3.09. The largest absolute Gasteiger partial charge is 0.465 e. The van der Waals surface area contributed by atoms with E-state index in [1.54, 1.807) is 35.8 Å². The molecule has 0 radical (unpaired) electrons. The molecule has 2 aromatic rings. The van der Waals surface area contributed by atoms with Gasteiger partial charge < -0.3 is 14.6 Å². The van der Waals surface area contributed by atoms with Crippen molar-refractivity contribution in [3.63, 3.8) is 0 Å². The van der Waals surface area contributed by atoms with Crippen LogP contribution in [0.5, 0.6) is 0 Å². The van der Waals surface area contributed by atoms with Crippen molar-refractivity contribution in [2.24, 2.45) is 0 Å². The molecule has 2 aromatic heterocycles. The Kier molecular flexibility index (Phi) is 5.15. The van der Waals surface area contributed by atoms with Gasteiger partial charge in [0.15, 0.2) is 0 Å². The highest BCUT2D eigenvalue weighted by atomic mass is 32.1. The van der Waals surface area contributed by atoms with Crippen molar-refractivity contribution in [3.8, 4) is 0 Å². The van der Waals surface area contributed by atoms with Gasteiger partial charge in [-0.15, -0.1) is 11.3 Å². The van der Waals surface area contributed by atoms with E-state index in [4.69, 9.17) is 4.42 Å². The van der Waals surface area contributed by atoms with Gasteiger partial charge in [-0.1, -0.05) is 6.07 Å². The molecule has 0 aromatic carbocycles. The molecule has 1 atom stereocenters. The number of nitrogens with zero attached hydrogens (tertiary/aromatic N) is 1. The second-order valence-electron chi connectivity index (χ2n) is 4.59. The van der Waals surface area contributed by atoms with Crippen LogP contribution in [0.3, 0.4) is 0 Å². The van der Waals surface area contributed by atoms with Crippen molar-refractivity contribution in [1.29, 1.82) is 0 Å². The number of hydrogen-bond acceptors (Lipinski definition) is 4. The molecule has 0 aliphatic heterocycles. The van der Waals surface area contributed by atoms with Crippen LogP contribution < -0.4 is 5.32 Å². The zero-order valence-electron chi connectivity index (χ0n) is 11.6. The van der Waals surface area contributed by atoms with Crippen molar-refractivity contribution in [1.82, 2.24) is 10.2 Å².